The first-order valence-corrected chi connectivity index (χ1v) is 8.68. The number of anilines is 1. The van der Waals surface area contributed by atoms with Gasteiger partial charge in [0.05, 0.1) is 0 Å². The van der Waals surface area contributed by atoms with Gasteiger partial charge in [-0.3, -0.25) is 0 Å². The van der Waals surface area contributed by atoms with E-state index in [0.29, 0.717) is 24.5 Å². The van der Waals surface area contributed by atoms with Crippen LogP contribution >= 0.6 is 12.4 Å². The summed E-state index contributed by atoms with van der Waals surface area (Å²) in [4.78, 5) is 2.50. The summed E-state index contributed by atoms with van der Waals surface area (Å²) in [5, 5.41) is 0. The van der Waals surface area contributed by atoms with E-state index in [1.54, 1.807) is 0 Å². The summed E-state index contributed by atoms with van der Waals surface area (Å²) in [6, 6.07) is 20.5. The molecule has 1 unspecified atom stereocenters. The molecule has 2 rings (SSSR count). The van der Waals surface area contributed by atoms with Crippen LogP contribution in [-0.4, -0.2) is 18.6 Å². The molecule has 2 aromatic carbocycles. The number of nitrogens with zero attached hydrogens (tertiary/aromatic N) is 1. The quantitative estimate of drug-likeness (QED) is 0.745. The molecule has 0 spiro atoms. The number of halogens is 1. The van der Waals surface area contributed by atoms with Gasteiger partial charge in [0.2, 0.25) is 0 Å². The minimum atomic E-state index is 0. The van der Waals surface area contributed by atoms with Crippen molar-refractivity contribution in [2.75, 3.05) is 11.4 Å². The number of nitrogens with two attached hydrogens (primary N) is 1. The van der Waals surface area contributed by atoms with Crippen LogP contribution in [0.3, 0.4) is 0 Å². The fourth-order valence-corrected chi connectivity index (χ4v) is 3.52. The third kappa shape index (κ3) is 4.75. The van der Waals surface area contributed by atoms with E-state index >= 15 is 0 Å². The first kappa shape index (κ1) is 20.5. The van der Waals surface area contributed by atoms with Gasteiger partial charge >= 0.3 is 0 Å². The lowest BCUT2D eigenvalue weighted by Crippen LogP contribution is -2.38. The molecule has 0 heterocycles. The monoisotopic (exact) mass is 346 g/mol. The molecule has 24 heavy (non-hydrogen) atoms. The molecule has 2 N–H and O–H groups in total. The summed E-state index contributed by atoms with van der Waals surface area (Å²) in [6.45, 7) is 9.74. The Morgan fingerprint density at radius 2 is 1.38 bits per heavy atom. The molecule has 0 saturated heterocycles. The molecular weight excluding hydrogens is 316 g/mol. The van der Waals surface area contributed by atoms with Crippen molar-refractivity contribution in [1.82, 2.24) is 0 Å². The van der Waals surface area contributed by atoms with Gasteiger partial charge in [-0.2, -0.15) is 0 Å². The summed E-state index contributed by atoms with van der Waals surface area (Å²) < 4.78 is 0. The van der Waals surface area contributed by atoms with Gasteiger partial charge < -0.3 is 10.6 Å². The van der Waals surface area contributed by atoms with Crippen molar-refractivity contribution in [1.29, 1.82) is 0 Å². The molecule has 0 aliphatic rings. The normalized spacial score (nSPS) is 12.1. The van der Waals surface area contributed by atoms with E-state index < -0.39 is 0 Å². The Balaban J connectivity index is 0.00000288. The van der Waals surface area contributed by atoms with E-state index in [4.69, 9.17) is 5.73 Å². The average Bonchev–Trinajstić information content (AvgIpc) is 2.53. The minimum Gasteiger partial charge on any atom is -0.366 e. The van der Waals surface area contributed by atoms with Crippen molar-refractivity contribution < 1.29 is 0 Å². The van der Waals surface area contributed by atoms with Crippen molar-refractivity contribution >= 4 is 18.1 Å². The molecule has 0 radical (unpaired) electrons. The van der Waals surface area contributed by atoms with Crippen LogP contribution in [0.25, 0.3) is 0 Å². The Morgan fingerprint density at radius 1 is 0.833 bits per heavy atom. The maximum Gasteiger partial charge on any atom is 0.0409 e. The Labute approximate surface area is 153 Å². The molecule has 3 heteroatoms. The first-order chi connectivity index (χ1) is 11.1. The van der Waals surface area contributed by atoms with E-state index in [1.807, 2.05) is 0 Å². The summed E-state index contributed by atoms with van der Waals surface area (Å²) in [5.74, 6) is 0.345. The molecule has 0 aromatic heterocycles. The highest BCUT2D eigenvalue weighted by Crippen LogP contribution is 2.36. The molecule has 0 fully saturated rings. The lowest BCUT2D eigenvalue weighted by molar-refractivity contribution is 0.600. The Morgan fingerprint density at radius 3 is 1.92 bits per heavy atom. The van der Waals surface area contributed by atoms with E-state index in [2.05, 4.69) is 87.2 Å². The fraction of sp³-hybridized carbons (Fsp3) is 0.429. The second kappa shape index (κ2) is 9.71. The molecule has 0 aliphatic heterocycles. The van der Waals surface area contributed by atoms with Gasteiger partial charge in [-0.1, -0.05) is 48.5 Å². The van der Waals surface area contributed by atoms with Crippen LogP contribution in [-0.2, 0) is 0 Å². The molecular formula is C21H31ClN2. The number of hydrogen-bond donors (Lipinski definition) is 1. The number of benzene rings is 2. The van der Waals surface area contributed by atoms with Gasteiger partial charge in [0.25, 0.3) is 0 Å². The highest BCUT2D eigenvalue weighted by molar-refractivity contribution is 5.85. The molecule has 2 nitrogen and oxygen atoms in total. The zero-order valence-corrected chi connectivity index (χ0v) is 16.1. The van der Waals surface area contributed by atoms with Crippen LogP contribution in [0.4, 0.5) is 5.69 Å². The lowest BCUT2D eigenvalue weighted by Gasteiger charge is -2.36. The van der Waals surface area contributed by atoms with Gasteiger partial charge in [-0.25, -0.2) is 0 Å². The van der Waals surface area contributed by atoms with Crippen molar-refractivity contribution in [3.63, 3.8) is 0 Å². The largest absolute Gasteiger partial charge is 0.366 e. The second-order valence-electron chi connectivity index (χ2n) is 6.69. The zero-order chi connectivity index (χ0) is 16.8. The highest BCUT2D eigenvalue weighted by atomic mass is 35.5. The van der Waals surface area contributed by atoms with Gasteiger partial charge in [-0.15, -0.1) is 12.4 Å². The molecule has 0 aliphatic carbocycles. The van der Waals surface area contributed by atoms with Crippen LogP contribution < -0.4 is 10.6 Å². The molecule has 0 saturated carbocycles. The molecule has 0 bridgehead atoms. The summed E-state index contributed by atoms with van der Waals surface area (Å²) in [5.41, 5.74) is 10.00. The number of rotatable bonds is 7. The highest BCUT2D eigenvalue weighted by Gasteiger charge is 2.22. The number of para-hydroxylation sites is 1. The zero-order valence-electron chi connectivity index (χ0n) is 15.3. The van der Waals surface area contributed by atoms with Crippen molar-refractivity contribution in [3.8, 4) is 0 Å². The fourth-order valence-electron chi connectivity index (χ4n) is 3.52. The number of hydrogen-bond acceptors (Lipinski definition) is 2. The van der Waals surface area contributed by atoms with Crippen LogP contribution in [0, 0.1) is 0 Å². The minimum absolute atomic E-state index is 0. The molecule has 1 atom stereocenters. The maximum atomic E-state index is 5.94. The van der Waals surface area contributed by atoms with E-state index in [9.17, 15) is 0 Å². The second-order valence-corrected chi connectivity index (χ2v) is 6.69. The van der Waals surface area contributed by atoms with Crippen LogP contribution in [0.1, 0.15) is 51.2 Å². The summed E-state index contributed by atoms with van der Waals surface area (Å²) >= 11 is 0. The maximum absolute atomic E-state index is 5.94. The summed E-state index contributed by atoms with van der Waals surface area (Å²) in [7, 11) is 0. The molecule has 132 valence electrons. The van der Waals surface area contributed by atoms with Gasteiger partial charge in [0.1, 0.15) is 0 Å². The van der Waals surface area contributed by atoms with E-state index in [0.717, 1.165) is 6.42 Å². The Kier molecular flexibility index (Phi) is 8.30. The lowest BCUT2D eigenvalue weighted by atomic mass is 9.87. The van der Waals surface area contributed by atoms with Gasteiger partial charge in [0, 0.05) is 23.7 Å². The summed E-state index contributed by atoms with van der Waals surface area (Å²) in [6.07, 6.45) is 0.963. The predicted molar refractivity (Wildman–Crippen MR) is 108 cm³/mol. The van der Waals surface area contributed by atoms with Crippen molar-refractivity contribution in [2.45, 2.75) is 52.1 Å². The standard InChI is InChI=1S/C21H30N2.ClH/c1-16(2)23(17(3)4)21-13-9-8-12-20(21)19(14-15-22)18-10-6-5-7-11-18;/h5-13,16-17,19H,14-15,22H2,1-4H3;1H. The topological polar surface area (TPSA) is 29.3 Å². The van der Waals surface area contributed by atoms with E-state index in [1.165, 1.54) is 16.8 Å². The van der Waals surface area contributed by atoms with Crippen molar-refractivity contribution in [3.05, 3.63) is 65.7 Å². The van der Waals surface area contributed by atoms with Crippen LogP contribution in [0.15, 0.2) is 54.6 Å². The average molecular weight is 347 g/mol. The van der Waals surface area contributed by atoms with Gasteiger partial charge in [-0.05, 0) is 57.9 Å². The van der Waals surface area contributed by atoms with Crippen LogP contribution in [0.5, 0.6) is 0 Å². The van der Waals surface area contributed by atoms with Gasteiger partial charge in [0.15, 0.2) is 0 Å². The molecule has 0 amide bonds. The Bertz CT molecular complexity index is 588. The van der Waals surface area contributed by atoms with Crippen LogP contribution in [0.2, 0.25) is 0 Å². The smallest absolute Gasteiger partial charge is 0.0409 e. The SMILES string of the molecule is CC(C)N(c1ccccc1C(CCN)c1ccccc1)C(C)C.Cl. The molecule has 2 aromatic rings. The Hall–Kier alpha value is -1.51. The third-order valence-electron chi connectivity index (χ3n) is 4.36. The third-order valence-corrected chi connectivity index (χ3v) is 4.36. The van der Waals surface area contributed by atoms with Crippen molar-refractivity contribution in [2.24, 2.45) is 5.73 Å². The van der Waals surface area contributed by atoms with E-state index in [-0.39, 0.29) is 12.4 Å². The first-order valence-electron chi connectivity index (χ1n) is 8.68. The predicted octanol–water partition coefficient (Wildman–Crippen LogP) is 5.21.